The van der Waals surface area contributed by atoms with Crippen molar-refractivity contribution in [2.75, 3.05) is 6.61 Å². The molecule has 0 bridgehead atoms. The van der Waals surface area contributed by atoms with Gasteiger partial charge in [-0.1, -0.05) is 0 Å². The van der Waals surface area contributed by atoms with Gasteiger partial charge in [0, 0.05) is 5.54 Å². The van der Waals surface area contributed by atoms with Crippen LogP contribution in [0.4, 0.5) is 0 Å². The van der Waals surface area contributed by atoms with Crippen molar-refractivity contribution >= 4 is 0 Å². The van der Waals surface area contributed by atoms with Crippen LogP contribution in [0.1, 0.15) is 40.4 Å². The maximum absolute atomic E-state index is 5.48. The van der Waals surface area contributed by atoms with Crippen molar-refractivity contribution < 1.29 is 4.74 Å². The molecule has 0 amide bonds. The van der Waals surface area contributed by atoms with Crippen LogP contribution in [0.2, 0.25) is 0 Å². The summed E-state index contributed by atoms with van der Waals surface area (Å²) in [7, 11) is 0. The molecule has 0 fully saturated rings. The fourth-order valence-corrected chi connectivity index (χ4v) is 1.24. The van der Waals surface area contributed by atoms with Crippen molar-refractivity contribution in [3.05, 3.63) is 5.82 Å². The lowest BCUT2D eigenvalue weighted by molar-refractivity contribution is 0.0701. The highest BCUT2D eigenvalue weighted by Gasteiger charge is 2.12. The first-order valence-corrected chi connectivity index (χ1v) is 6.00. The van der Waals surface area contributed by atoms with Gasteiger partial charge < -0.3 is 10.1 Å². The zero-order chi connectivity index (χ0) is 12.9. The van der Waals surface area contributed by atoms with E-state index in [4.69, 9.17) is 4.74 Å². The SMILES string of the molecule is CC(C)OCCn1nnnc1CNC(C)(C)C. The Hall–Kier alpha value is -1.01. The summed E-state index contributed by atoms with van der Waals surface area (Å²) in [4.78, 5) is 0. The highest BCUT2D eigenvalue weighted by molar-refractivity contribution is 4.83. The lowest BCUT2D eigenvalue weighted by atomic mass is 10.1. The minimum atomic E-state index is 0.0607. The molecule has 17 heavy (non-hydrogen) atoms. The van der Waals surface area contributed by atoms with Gasteiger partial charge in [0.2, 0.25) is 0 Å². The Bertz CT molecular complexity index is 329. The van der Waals surface area contributed by atoms with Crippen LogP contribution in [0.15, 0.2) is 0 Å². The Balaban J connectivity index is 2.43. The lowest BCUT2D eigenvalue weighted by Gasteiger charge is -2.19. The van der Waals surface area contributed by atoms with Crippen LogP contribution in [-0.2, 0) is 17.8 Å². The third kappa shape index (κ3) is 5.74. The van der Waals surface area contributed by atoms with Crippen LogP contribution in [0, 0.1) is 0 Å². The van der Waals surface area contributed by atoms with E-state index in [0.717, 1.165) is 5.82 Å². The number of tetrazole rings is 1. The number of nitrogens with one attached hydrogen (secondary N) is 1. The van der Waals surface area contributed by atoms with E-state index in [9.17, 15) is 0 Å². The summed E-state index contributed by atoms with van der Waals surface area (Å²) in [6, 6.07) is 0. The first-order chi connectivity index (χ1) is 7.88. The van der Waals surface area contributed by atoms with Crippen LogP contribution >= 0.6 is 0 Å². The second-order valence-electron chi connectivity index (χ2n) is 5.34. The van der Waals surface area contributed by atoms with Crippen molar-refractivity contribution in [3.8, 4) is 0 Å². The first-order valence-electron chi connectivity index (χ1n) is 6.00. The minimum absolute atomic E-state index is 0.0607. The standard InChI is InChI=1S/C11H23N5O/c1-9(2)17-7-6-16-10(13-14-15-16)8-12-11(3,4)5/h9,12H,6-8H2,1-5H3. The smallest absolute Gasteiger partial charge is 0.165 e. The van der Waals surface area contributed by atoms with Crippen molar-refractivity contribution in [3.63, 3.8) is 0 Å². The number of nitrogens with zero attached hydrogens (tertiary/aromatic N) is 4. The van der Waals surface area contributed by atoms with Gasteiger partial charge in [-0.2, -0.15) is 0 Å². The maximum atomic E-state index is 5.48. The van der Waals surface area contributed by atoms with Crippen molar-refractivity contribution in [1.29, 1.82) is 0 Å². The average Bonchev–Trinajstić information content (AvgIpc) is 2.61. The van der Waals surface area contributed by atoms with Crippen molar-refractivity contribution in [2.45, 2.75) is 59.4 Å². The van der Waals surface area contributed by atoms with Gasteiger partial charge in [-0.3, -0.25) is 0 Å². The van der Waals surface area contributed by atoms with Gasteiger partial charge in [-0.15, -0.1) is 5.10 Å². The van der Waals surface area contributed by atoms with Crippen LogP contribution < -0.4 is 5.32 Å². The van der Waals surface area contributed by atoms with Gasteiger partial charge in [0.05, 0.1) is 25.8 Å². The van der Waals surface area contributed by atoms with E-state index in [1.54, 1.807) is 4.68 Å². The Morgan fingerprint density at radius 3 is 2.65 bits per heavy atom. The number of rotatable bonds is 6. The van der Waals surface area contributed by atoms with Crippen LogP contribution in [-0.4, -0.2) is 38.5 Å². The molecule has 6 nitrogen and oxygen atoms in total. The van der Waals surface area contributed by atoms with E-state index in [1.165, 1.54) is 0 Å². The summed E-state index contributed by atoms with van der Waals surface area (Å²) < 4.78 is 7.26. The van der Waals surface area contributed by atoms with E-state index >= 15 is 0 Å². The molecule has 0 aliphatic heterocycles. The molecule has 1 rings (SSSR count). The second kappa shape index (κ2) is 6.07. The number of hydrogen-bond acceptors (Lipinski definition) is 5. The Kier molecular flexibility index (Phi) is 5.02. The quantitative estimate of drug-likeness (QED) is 0.804. The molecule has 6 heteroatoms. The molecule has 0 aliphatic rings. The predicted molar refractivity (Wildman–Crippen MR) is 65.5 cm³/mol. The van der Waals surface area contributed by atoms with Crippen LogP contribution in [0.5, 0.6) is 0 Å². The fraction of sp³-hybridized carbons (Fsp3) is 0.909. The number of ether oxygens (including phenoxy) is 1. The molecule has 0 unspecified atom stereocenters. The van der Waals surface area contributed by atoms with E-state index in [1.807, 2.05) is 13.8 Å². The summed E-state index contributed by atoms with van der Waals surface area (Å²) in [5, 5.41) is 15.0. The van der Waals surface area contributed by atoms with Gasteiger partial charge in [0.15, 0.2) is 5.82 Å². The van der Waals surface area contributed by atoms with Gasteiger partial charge in [-0.25, -0.2) is 4.68 Å². The second-order valence-corrected chi connectivity index (χ2v) is 5.34. The first kappa shape index (κ1) is 14.1. The van der Waals surface area contributed by atoms with Gasteiger partial charge in [-0.05, 0) is 45.0 Å². The van der Waals surface area contributed by atoms with E-state index in [0.29, 0.717) is 19.7 Å². The zero-order valence-corrected chi connectivity index (χ0v) is 11.4. The third-order valence-electron chi connectivity index (χ3n) is 2.14. The molecule has 0 atom stereocenters. The topological polar surface area (TPSA) is 64.9 Å². The third-order valence-corrected chi connectivity index (χ3v) is 2.14. The molecule has 0 aliphatic carbocycles. The Morgan fingerprint density at radius 2 is 2.06 bits per heavy atom. The highest BCUT2D eigenvalue weighted by Crippen LogP contribution is 2.01. The van der Waals surface area contributed by atoms with Crippen LogP contribution in [0.3, 0.4) is 0 Å². The number of hydrogen-bond donors (Lipinski definition) is 1. The van der Waals surface area contributed by atoms with Crippen molar-refractivity contribution in [1.82, 2.24) is 25.5 Å². The lowest BCUT2D eigenvalue weighted by Crippen LogP contribution is -2.36. The summed E-state index contributed by atoms with van der Waals surface area (Å²) in [6.45, 7) is 12.4. The predicted octanol–water partition coefficient (Wildman–Crippen LogP) is 0.986. The fourth-order valence-electron chi connectivity index (χ4n) is 1.24. The van der Waals surface area contributed by atoms with E-state index in [-0.39, 0.29) is 11.6 Å². The molecular formula is C11H23N5O. The summed E-state index contributed by atoms with van der Waals surface area (Å²) in [5.41, 5.74) is 0.0607. The molecule has 0 aromatic carbocycles. The summed E-state index contributed by atoms with van der Waals surface area (Å²) >= 11 is 0. The molecule has 1 heterocycles. The monoisotopic (exact) mass is 241 g/mol. The largest absolute Gasteiger partial charge is 0.377 e. The molecule has 0 radical (unpaired) electrons. The van der Waals surface area contributed by atoms with Crippen molar-refractivity contribution in [2.24, 2.45) is 0 Å². The minimum Gasteiger partial charge on any atom is -0.377 e. The zero-order valence-electron chi connectivity index (χ0n) is 11.4. The maximum Gasteiger partial charge on any atom is 0.165 e. The Morgan fingerprint density at radius 1 is 1.35 bits per heavy atom. The normalized spacial score (nSPS) is 12.4. The molecule has 0 saturated carbocycles. The van der Waals surface area contributed by atoms with E-state index < -0.39 is 0 Å². The average molecular weight is 241 g/mol. The highest BCUT2D eigenvalue weighted by atomic mass is 16.5. The molecule has 0 saturated heterocycles. The molecule has 1 aromatic rings. The van der Waals surface area contributed by atoms with Gasteiger partial charge in [0.25, 0.3) is 0 Å². The van der Waals surface area contributed by atoms with E-state index in [2.05, 4.69) is 41.6 Å². The molecule has 1 N–H and O–H groups in total. The molecular weight excluding hydrogens is 218 g/mol. The summed E-state index contributed by atoms with van der Waals surface area (Å²) in [5.74, 6) is 0.840. The summed E-state index contributed by atoms with van der Waals surface area (Å²) in [6.07, 6.45) is 0.239. The molecule has 1 aromatic heterocycles. The molecule has 0 spiro atoms. The van der Waals surface area contributed by atoms with Crippen LogP contribution in [0.25, 0.3) is 0 Å². The number of aromatic nitrogens is 4. The van der Waals surface area contributed by atoms with Gasteiger partial charge in [0.1, 0.15) is 0 Å². The van der Waals surface area contributed by atoms with Gasteiger partial charge >= 0.3 is 0 Å². The Labute approximate surface area is 103 Å². The molecule has 98 valence electrons.